The Kier molecular flexibility index (Phi) is 5.07. The van der Waals surface area contributed by atoms with E-state index in [9.17, 15) is 4.39 Å². The molecular formula is C16H19FN2O. The van der Waals surface area contributed by atoms with Gasteiger partial charge in [0.1, 0.15) is 11.6 Å². The zero-order valence-corrected chi connectivity index (χ0v) is 11.8. The number of ether oxygens (including phenoxy) is 1. The molecule has 4 heteroatoms. The van der Waals surface area contributed by atoms with Crippen molar-refractivity contribution in [2.75, 3.05) is 13.7 Å². The highest BCUT2D eigenvalue weighted by atomic mass is 19.1. The number of aromatic nitrogens is 1. The van der Waals surface area contributed by atoms with Gasteiger partial charge >= 0.3 is 0 Å². The molecule has 1 aromatic heterocycles. The zero-order valence-electron chi connectivity index (χ0n) is 11.8. The van der Waals surface area contributed by atoms with Crippen LogP contribution >= 0.6 is 0 Å². The number of benzene rings is 1. The first-order chi connectivity index (χ1) is 9.74. The van der Waals surface area contributed by atoms with Gasteiger partial charge in [-0.3, -0.25) is 4.98 Å². The number of rotatable bonds is 6. The highest BCUT2D eigenvalue weighted by Gasteiger charge is 2.08. The molecule has 0 atom stereocenters. The predicted molar refractivity (Wildman–Crippen MR) is 78.2 cm³/mol. The molecule has 2 aromatic rings. The van der Waals surface area contributed by atoms with Gasteiger partial charge in [0.25, 0.3) is 0 Å². The van der Waals surface area contributed by atoms with E-state index >= 15 is 0 Å². The van der Waals surface area contributed by atoms with E-state index in [1.54, 1.807) is 18.5 Å². The molecule has 1 N–H and O–H groups in total. The molecule has 0 amide bonds. The molecule has 1 heterocycles. The smallest absolute Gasteiger partial charge is 0.138 e. The van der Waals surface area contributed by atoms with Crippen molar-refractivity contribution in [3.8, 4) is 16.9 Å². The van der Waals surface area contributed by atoms with Crippen LogP contribution in [0.25, 0.3) is 11.1 Å². The van der Waals surface area contributed by atoms with E-state index in [1.165, 1.54) is 6.07 Å². The van der Waals surface area contributed by atoms with E-state index in [0.717, 1.165) is 17.5 Å². The topological polar surface area (TPSA) is 34.1 Å². The largest absolute Gasteiger partial charge is 0.492 e. The molecule has 0 fully saturated rings. The molecule has 0 bridgehead atoms. The summed E-state index contributed by atoms with van der Waals surface area (Å²) in [6.45, 7) is 3.37. The summed E-state index contributed by atoms with van der Waals surface area (Å²) in [4.78, 5) is 4.12. The summed E-state index contributed by atoms with van der Waals surface area (Å²) < 4.78 is 19.5. The fourth-order valence-electron chi connectivity index (χ4n) is 1.97. The van der Waals surface area contributed by atoms with Gasteiger partial charge < -0.3 is 10.1 Å². The first-order valence-electron chi connectivity index (χ1n) is 6.76. The molecule has 0 saturated carbocycles. The molecule has 0 aliphatic rings. The lowest BCUT2D eigenvalue weighted by Gasteiger charge is -2.09. The van der Waals surface area contributed by atoms with E-state index in [2.05, 4.69) is 10.3 Å². The van der Waals surface area contributed by atoms with Gasteiger partial charge in [-0.2, -0.15) is 0 Å². The predicted octanol–water partition coefficient (Wildman–Crippen LogP) is 3.40. The lowest BCUT2D eigenvalue weighted by Crippen LogP contribution is -2.05. The average molecular weight is 274 g/mol. The third-order valence-corrected chi connectivity index (χ3v) is 2.91. The third kappa shape index (κ3) is 3.54. The molecule has 106 valence electrons. The summed E-state index contributed by atoms with van der Waals surface area (Å²) in [5, 5.41) is 3.06. The van der Waals surface area contributed by atoms with Gasteiger partial charge in [0.05, 0.1) is 12.8 Å². The minimum absolute atomic E-state index is 0.251. The molecule has 3 nitrogen and oxygen atoms in total. The first-order valence-corrected chi connectivity index (χ1v) is 6.76. The number of hydrogen-bond acceptors (Lipinski definition) is 3. The van der Waals surface area contributed by atoms with Crippen molar-refractivity contribution in [2.45, 2.75) is 19.9 Å². The average Bonchev–Trinajstić information content (AvgIpc) is 2.47. The highest BCUT2D eigenvalue weighted by molar-refractivity contribution is 5.65. The standard InChI is InChI=1S/C16H19FN2O/c1-3-6-20-14-8-13(10-19-11-14)15-7-12(9-18-2)4-5-16(15)17/h4-5,7-8,10-11,18H,3,6,9H2,1-2H3. The van der Waals surface area contributed by atoms with Crippen molar-refractivity contribution in [2.24, 2.45) is 0 Å². The second kappa shape index (κ2) is 7.01. The lowest BCUT2D eigenvalue weighted by molar-refractivity contribution is 0.316. The van der Waals surface area contributed by atoms with Crippen molar-refractivity contribution in [1.29, 1.82) is 0 Å². The quantitative estimate of drug-likeness (QED) is 0.876. The number of nitrogens with one attached hydrogen (secondary N) is 1. The molecule has 0 saturated heterocycles. The van der Waals surface area contributed by atoms with Gasteiger partial charge in [0.15, 0.2) is 0 Å². The fraction of sp³-hybridized carbons (Fsp3) is 0.312. The molecule has 1 aromatic carbocycles. The molecule has 0 aliphatic heterocycles. The van der Waals surface area contributed by atoms with Gasteiger partial charge in [-0.25, -0.2) is 4.39 Å². The summed E-state index contributed by atoms with van der Waals surface area (Å²) in [5.74, 6) is 0.419. The van der Waals surface area contributed by atoms with Crippen LogP contribution in [-0.2, 0) is 6.54 Å². The molecule has 0 radical (unpaired) electrons. The highest BCUT2D eigenvalue weighted by Crippen LogP contribution is 2.26. The van der Waals surface area contributed by atoms with Crippen LogP contribution in [0.1, 0.15) is 18.9 Å². The summed E-state index contributed by atoms with van der Waals surface area (Å²) in [6, 6.07) is 6.93. The van der Waals surface area contributed by atoms with Crippen molar-refractivity contribution in [3.05, 3.63) is 48.0 Å². The second-order valence-electron chi connectivity index (χ2n) is 4.60. The van der Waals surface area contributed by atoms with Crippen molar-refractivity contribution in [3.63, 3.8) is 0 Å². The van der Waals surface area contributed by atoms with Crippen LogP contribution in [0.2, 0.25) is 0 Å². The summed E-state index contributed by atoms with van der Waals surface area (Å²) in [6.07, 6.45) is 4.23. The molecule has 20 heavy (non-hydrogen) atoms. The van der Waals surface area contributed by atoms with Crippen LogP contribution in [0.3, 0.4) is 0 Å². The molecule has 0 spiro atoms. The van der Waals surface area contributed by atoms with Gasteiger partial charge in [-0.1, -0.05) is 13.0 Å². The monoisotopic (exact) mass is 274 g/mol. The normalized spacial score (nSPS) is 10.6. The Morgan fingerprint density at radius 3 is 2.85 bits per heavy atom. The molecule has 2 rings (SSSR count). The molecule has 0 unspecified atom stereocenters. The van der Waals surface area contributed by atoms with Gasteiger partial charge in [0.2, 0.25) is 0 Å². The second-order valence-corrected chi connectivity index (χ2v) is 4.60. The number of halogens is 1. The molecule has 0 aliphatic carbocycles. The van der Waals surface area contributed by atoms with Crippen LogP contribution in [0.4, 0.5) is 4.39 Å². The van der Waals surface area contributed by atoms with Gasteiger partial charge in [-0.15, -0.1) is 0 Å². The third-order valence-electron chi connectivity index (χ3n) is 2.91. The van der Waals surface area contributed by atoms with Crippen molar-refractivity contribution < 1.29 is 9.13 Å². The Balaban J connectivity index is 2.32. The lowest BCUT2D eigenvalue weighted by atomic mass is 10.0. The van der Waals surface area contributed by atoms with Crippen molar-refractivity contribution in [1.82, 2.24) is 10.3 Å². The minimum atomic E-state index is -0.251. The maximum absolute atomic E-state index is 14.0. The van der Waals surface area contributed by atoms with Crippen LogP contribution in [0.15, 0.2) is 36.7 Å². The summed E-state index contributed by atoms with van der Waals surface area (Å²) in [7, 11) is 1.86. The van der Waals surface area contributed by atoms with Crippen LogP contribution in [0, 0.1) is 5.82 Å². The van der Waals surface area contributed by atoms with Crippen molar-refractivity contribution >= 4 is 0 Å². The Bertz CT molecular complexity index is 572. The summed E-state index contributed by atoms with van der Waals surface area (Å²) >= 11 is 0. The summed E-state index contributed by atoms with van der Waals surface area (Å²) in [5.41, 5.74) is 2.31. The SMILES string of the molecule is CCCOc1cncc(-c2cc(CNC)ccc2F)c1. The van der Waals surface area contributed by atoms with Gasteiger partial charge in [-0.05, 0) is 37.2 Å². The minimum Gasteiger partial charge on any atom is -0.492 e. The first kappa shape index (κ1) is 14.5. The number of hydrogen-bond donors (Lipinski definition) is 1. The fourth-order valence-corrected chi connectivity index (χ4v) is 1.97. The maximum atomic E-state index is 14.0. The van der Waals surface area contributed by atoms with E-state index < -0.39 is 0 Å². The van der Waals surface area contributed by atoms with E-state index in [4.69, 9.17) is 4.74 Å². The van der Waals surface area contributed by atoms with Crippen LogP contribution in [-0.4, -0.2) is 18.6 Å². The zero-order chi connectivity index (χ0) is 14.4. The number of nitrogens with zero attached hydrogens (tertiary/aromatic N) is 1. The van der Waals surface area contributed by atoms with Gasteiger partial charge in [0, 0.05) is 23.9 Å². The molecular weight excluding hydrogens is 255 g/mol. The number of pyridine rings is 1. The van der Waals surface area contributed by atoms with E-state index in [1.807, 2.05) is 26.1 Å². The Hall–Kier alpha value is -1.94. The Morgan fingerprint density at radius 2 is 2.10 bits per heavy atom. The van der Waals surface area contributed by atoms with E-state index in [-0.39, 0.29) is 5.82 Å². The van der Waals surface area contributed by atoms with Crippen LogP contribution < -0.4 is 10.1 Å². The Morgan fingerprint density at radius 1 is 1.25 bits per heavy atom. The Labute approximate surface area is 118 Å². The van der Waals surface area contributed by atoms with Crippen LogP contribution in [0.5, 0.6) is 5.75 Å². The maximum Gasteiger partial charge on any atom is 0.138 e. The van der Waals surface area contributed by atoms with E-state index in [0.29, 0.717) is 24.5 Å².